The molecule has 0 aromatic heterocycles. The Balaban J connectivity index is 2.01. The molecule has 1 aromatic rings. The van der Waals surface area contributed by atoms with E-state index in [-0.39, 0.29) is 24.1 Å². The molecule has 2 atom stereocenters. The lowest BCUT2D eigenvalue weighted by atomic mass is 9.54. The Bertz CT molecular complexity index is 577. The monoisotopic (exact) mass is 312 g/mol. The second kappa shape index (κ2) is 5.93. The van der Waals surface area contributed by atoms with Crippen LogP contribution >= 0.6 is 0 Å². The summed E-state index contributed by atoms with van der Waals surface area (Å²) in [4.78, 5) is 12.4. The maximum absolute atomic E-state index is 13.6. The summed E-state index contributed by atoms with van der Waals surface area (Å²) in [6.45, 7) is 6.19. The van der Waals surface area contributed by atoms with Gasteiger partial charge >= 0.3 is 0 Å². The van der Waals surface area contributed by atoms with Crippen LogP contribution in [0.15, 0.2) is 18.2 Å². The highest BCUT2D eigenvalue weighted by Crippen LogP contribution is 2.49. The molecule has 0 heterocycles. The van der Waals surface area contributed by atoms with Gasteiger partial charge < -0.3 is 15.8 Å². The quantitative estimate of drug-likeness (QED) is 0.875. The molecule has 1 aromatic carbocycles. The van der Waals surface area contributed by atoms with Crippen molar-refractivity contribution in [3.63, 3.8) is 0 Å². The minimum absolute atomic E-state index is 0.0285. The van der Waals surface area contributed by atoms with Crippen molar-refractivity contribution in [3.05, 3.63) is 35.4 Å². The lowest BCUT2D eigenvalue weighted by molar-refractivity contribution is -0.170. The van der Waals surface area contributed by atoms with E-state index in [4.69, 9.17) is 10.5 Å². The maximum atomic E-state index is 13.6. The number of benzene rings is 1. The van der Waals surface area contributed by atoms with Gasteiger partial charge in [-0.25, -0.2) is 8.78 Å². The van der Waals surface area contributed by atoms with E-state index in [0.29, 0.717) is 13.0 Å². The van der Waals surface area contributed by atoms with Gasteiger partial charge in [0.05, 0.1) is 6.10 Å². The predicted octanol–water partition coefficient (Wildman–Crippen LogP) is 2.11. The number of amides is 1. The SMILES string of the molecule is CCOC1CC(N)(C(=O)NCc2ccc(F)cc2F)C1(C)C. The fourth-order valence-electron chi connectivity index (χ4n) is 2.82. The average molecular weight is 312 g/mol. The second-order valence-corrected chi connectivity index (χ2v) is 6.26. The molecule has 0 aliphatic heterocycles. The third-order valence-corrected chi connectivity index (χ3v) is 4.69. The van der Waals surface area contributed by atoms with E-state index in [1.54, 1.807) is 0 Å². The smallest absolute Gasteiger partial charge is 0.241 e. The lowest BCUT2D eigenvalue weighted by Gasteiger charge is -2.57. The van der Waals surface area contributed by atoms with E-state index in [0.717, 1.165) is 12.1 Å². The number of rotatable bonds is 5. The van der Waals surface area contributed by atoms with Crippen LogP contribution in [0.5, 0.6) is 0 Å². The zero-order valence-corrected chi connectivity index (χ0v) is 13.1. The molecule has 122 valence electrons. The van der Waals surface area contributed by atoms with Gasteiger partial charge in [-0.1, -0.05) is 19.9 Å². The number of ether oxygens (including phenoxy) is 1. The third kappa shape index (κ3) is 2.73. The number of hydrogen-bond acceptors (Lipinski definition) is 3. The molecule has 0 saturated heterocycles. The molecule has 0 bridgehead atoms. The van der Waals surface area contributed by atoms with Crippen LogP contribution in [0.3, 0.4) is 0 Å². The van der Waals surface area contributed by atoms with E-state index < -0.39 is 22.6 Å². The first-order valence-electron chi connectivity index (χ1n) is 7.35. The highest BCUT2D eigenvalue weighted by atomic mass is 19.1. The van der Waals surface area contributed by atoms with Crippen LogP contribution in [-0.4, -0.2) is 24.2 Å². The summed E-state index contributed by atoms with van der Waals surface area (Å²) < 4.78 is 32.0. The Labute approximate surface area is 129 Å². The molecule has 4 nitrogen and oxygen atoms in total. The van der Waals surface area contributed by atoms with Crippen LogP contribution < -0.4 is 11.1 Å². The van der Waals surface area contributed by atoms with E-state index in [9.17, 15) is 13.6 Å². The van der Waals surface area contributed by atoms with Crippen LogP contribution in [0.25, 0.3) is 0 Å². The molecule has 3 N–H and O–H groups in total. The Hall–Kier alpha value is -1.53. The van der Waals surface area contributed by atoms with Crippen LogP contribution in [0, 0.1) is 17.0 Å². The Morgan fingerprint density at radius 2 is 2.14 bits per heavy atom. The number of nitrogens with two attached hydrogens (primary N) is 1. The summed E-state index contributed by atoms with van der Waals surface area (Å²) in [6.07, 6.45) is 0.349. The summed E-state index contributed by atoms with van der Waals surface area (Å²) in [5.41, 5.74) is 4.89. The topological polar surface area (TPSA) is 64.3 Å². The van der Waals surface area contributed by atoms with Crippen molar-refractivity contribution >= 4 is 5.91 Å². The summed E-state index contributed by atoms with van der Waals surface area (Å²) in [7, 11) is 0. The van der Waals surface area contributed by atoms with Gasteiger partial charge in [0.25, 0.3) is 0 Å². The number of nitrogens with one attached hydrogen (secondary N) is 1. The minimum Gasteiger partial charge on any atom is -0.378 e. The number of halogens is 2. The molecule has 1 aliphatic carbocycles. The van der Waals surface area contributed by atoms with Gasteiger partial charge in [-0.2, -0.15) is 0 Å². The second-order valence-electron chi connectivity index (χ2n) is 6.26. The summed E-state index contributed by atoms with van der Waals surface area (Å²) >= 11 is 0. The Morgan fingerprint density at radius 3 is 2.68 bits per heavy atom. The number of carbonyl (C=O) groups is 1. The van der Waals surface area contributed by atoms with Crippen molar-refractivity contribution in [1.82, 2.24) is 5.32 Å². The van der Waals surface area contributed by atoms with Crippen LogP contribution in [0.4, 0.5) is 8.78 Å². The Kier molecular flexibility index (Phi) is 4.54. The van der Waals surface area contributed by atoms with Gasteiger partial charge in [0, 0.05) is 36.6 Å². The molecule has 0 spiro atoms. The molecule has 1 saturated carbocycles. The fraction of sp³-hybridized carbons (Fsp3) is 0.562. The van der Waals surface area contributed by atoms with E-state index in [2.05, 4.69) is 5.32 Å². The largest absolute Gasteiger partial charge is 0.378 e. The van der Waals surface area contributed by atoms with Crippen LogP contribution in [-0.2, 0) is 16.1 Å². The maximum Gasteiger partial charge on any atom is 0.241 e. The van der Waals surface area contributed by atoms with Gasteiger partial charge in [-0.3, -0.25) is 4.79 Å². The van der Waals surface area contributed by atoms with Crippen molar-refractivity contribution in [2.75, 3.05) is 6.61 Å². The van der Waals surface area contributed by atoms with E-state index >= 15 is 0 Å². The van der Waals surface area contributed by atoms with Gasteiger partial charge in [-0.15, -0.1) is 0 Å². The zero-order chi connectivity index (χ0) is 16.5. The summed E-state index contributed by atoms with van der Waals surface area (Å²) in [5, 5.41) is 2.64. The van der Waals surface area contributed by atoms with Crippen LogP contribution in [0.2, 0.25) is 0 Å². The molecule has 1 aliphatic rings. The molecule has 1 fully saturated rings. The van der Waals surface area contributed by atoms with Gasteiger partial charge in [0.15, 0.2) is 0 Å². The van der Waals surface area contributed by atoms with Crippen molar-refractivity contribution in [2.24, 2.45) is 11.1 Å². The molecular formula is C16H22F2N2O2. The highest BCUT2D eigenvalue weighted by Gasteiger charge is 2.62. The van der Waals surface area contributed by atoms with E-state index in [1.807, 2.05) is 20.8 Å². The number of hydrogen-bond donors (Lipinski definition) is 2. The summed E-state index contributed by atoms with van der Waals surface area (Å²) in [5.74, 6) is -1.69. The van der Waals surface area contributed by atoms with Gasteiger partial charge in [0.1, 0.15) is 17.2 Å². The number of carbonyl (C=O) groups excluding carboxylic acids is 1. The first-order chi connectivity index (χ1) is 10.2. The summed E-state index contributed by atoms with van der Waals surface area (Å²) in [6, 6.07) is 3.25. The normalized spacial score (nSPS) is 26.4. The molecule has 1 amide bonds. The lowest BCUT2D eigenvalue weighted by Crippen LogP contribution is -2.75. The molecule has 0 radical (unpaired) electrons. The highest BCUT2D eigenvalue weighted by molar-refractivity contribution is 5.88. The third-order valence-electron chi connectivity index (χ3n) is 4.69. The van der Waals surface area contributed by atoms with Crippen molar-refractivity contribution in [3.8, 4) is 0 Å². The molecular weight excluding hydrogens is 290 g/mol. The van der Waals surface area contributed by atoms with Crippen molar-refractivity contribution < 1.29 is 18.3 Å². The first-order valence-corrected chi connectivity index (χ1v) is 7.35. The van der Waals surface area contributed by atoms with Crippen molar-refractivity contribution in [1.29, 1.82) is 0 Å². The first kappa shape index (κ1) is 16.8. The Morgan fingerprint density at radius 1 is 1.45 bits per heavy atom. The predicted molar refractivity (Wildman–Crippen MR) is 78.9 cm³/mol. The molecule has 6 heteroatoms. The van der Waals surface area contributed by atoms with Crippen LogP contribution in [0.1, 0.15) is 32.8 Å². The minimum atomic E-state index is -1.05. The molecule has 2 unspecified atom stereocenters. The zero-order valence-electron chi connectivity index (χ0n) is 13.1. The molecule has 22 heavy (non-hydrogen) atoms. The fourth-order valence-corrected chi connectivity index (χ4v) is 2.82. The average Bonchev–Trinajstić information content (AvgIpc) is 2.45. The standard InChI is InChI=1S/C16H22F2N2O2/c1-4-22-13-8-16(19,15(13,2)3)14(21)20-9-10-5-6-11(17)7-12(10)18/h5-7,13H,4,8-9,19H2,1-3H3,(H,20,21). The van der Waals surface area contributed by atoms with Crippen molar-refractivity contribution in [2.45, 2.75) is 45.4 Å². The van der Waals surface area contributed by atoms with Gasteiger partial charge in [-0.05, 0) is 13.0 Å². The van der Waals surface area contributed by atoms with E-state index in [1.165, 1.54) is 6.07 Å². The molecule has 2 rings (SSSR count). The van der Waals surface area contributed by atoms with Gasteiger partial charge in [0.2, 0.25) is 5.91 Å².